The molecule has 1 amide bonds. The normalized spacial score (nSPS) is 26.2. The standard InChI is InChI=1S/C83H157NO18/c1-3-5-7-9-11-13-15-17-19-21-23-25-27-29-30-31-32-33-34-35-37-38-40-42-44-46-48-50-52-54-56-58-60-67(88)66(84-71(89)61-59-57-55-53-51-49-47-45-43-41-39-36-28-26-24-22-20-18-16-14-12-10-8-6-4-2)65-97-81-77(95)74(92)79(69(63-86)99-81)102-83-78(96)75(93)80(70(64-87)100-83)101-82-76(94)73(91)72(90)68(62-85)98-82/h22,24,58,60,66-70,72-83,85-88,90-96H,3-21,23,25-57,59,61-65H2,1-2H3,(H,84,89)/b24-22-,60-58+. The fourth-order valence-corrected chi connectivity index (χ4v) is 14.7. The zero-order chi connectivity index (χ0) is 73.9. The second-order valence-corrected chi connectivity index (χ2v) is 30.6. The zero-order valence-electron chi connectivity index (χ0n) is 64.6. The number of ether oxygens (including phenoxy) is 6. The summed E-state index contributed by atoms with van der Waals surface area (Å²) in [5.74, 6) is -0.269. The van der Waals surface area contributed by atoms with Crippen LogP contribution in [0.25, 0.3) is 0 Å². The molecular formula is C83H157NO18. The van der Waals surface area contributed by atoms with Gasteiger partial charge in [0.05, 0.1) is 38.6 Å². The minimum Gasteiger partial charge on any atom is -0.394 e. The number of hydrogen-bond acceptors (Lipinski definition) is 18. The van der Waals surface area contributed by atoms with Crippen LogP contribution in [0.3, 0.4) is 0 Å². The lowest BCUT2D eigenvalue weighted by molar-refractivity contribution is -0.379. The van der Waals surface area contributed by atoms with Crippen molar-refractivity contribution >= 4 is 5.91 Å². The number of hydrogen-bond donors (Lipinski definition) is 12. The van der Waals surface area contributed by atoms with Crippen LogP contribution in [0.5, 0.6) is 0 Å². The van der Waals surface area contributed by atoms with Gasteiger partial charge in [-0.3, -0.25) is 4.79 Å². The highest BCUT2D eigenvalue weighted by Gasteiger charge is 2.54. The highest BCUT2D eigenvalue weighted by molar-refractivity contribution is 5.76. The Hall–Kier alpha value is -1.73. The SMILES string of the molecule is CCCCCCCCCC/C=C\CCCCCCCCCCCCCCCC(=O)NC(COC1OC(CO)C(OC2OC(CO)C(OC3OC(CO)C(O)C(O)C3O)C(O)C2O)C(O)C1O)C(O)/C=C/CCCCCCCCCCCCCCCCCCCCCCCCCCCCCCCC. The summed E-state index contributed by atoms with van der Waals surface area (Å²) in [5, 5.41) is 121. The van der Waals surface area contributed by atoms with Crippen LogP contribution in [0, 0.1) is 0 Å². The molecule has 3 aliphatic heterocycles. The number of carbonyl (C=O) groups excluding carboxylic acids is 1. The molecule has 12 N–H and O–H groups in total. The van der Waals surface area contributed by atoms with Crippen molar-refractivity contribution in [1.29, 1.82) is 0 Å². The molecule has 0 aliphatic carbocycles. The van der Waals surface area contributed by atoms with Gasteiger partial charge in [0.25, 0.3) is 0 Å². The molecule has 102 heavy (non-hydrogen) atoms. The lowest BCUT2D eigenvalue weighted by Gasteiger charge is -2.48. The van der Waals surface area contributed by atoms with E-state index in [0.29, 0.717) is 6.42 Å². The topological polar surface area (TPSA) is 307 Å². The van der Waals surface area contributed by atoms with Gasteiger partial charge in [-0.05, 0) is 44.9 Å². The molecule has 0 saturated carbocycles. The molecule has 17 unspecified atom stereocenters. The molecule has 3 saturated heterocycles. The number of unbranched alkanes of at least 4 members (excludes halogenated alkanes) is 51. The summed E-state index contributed by atoms with van der Waals surface area (Å²) in [6.07, 6.45) is 51.8. The summed E-state index contributed by atoms with van der Waals surface area (Å²) in [4.78, 5) is 13.5. The van der Waals surface area contributed by atoms with E-state index in [1.54, 1.807) is 6.08 Å². The molecule has 3 aliphatic rings. The smallest absolute Gasteiger partial charge is 0.220 e. The number of aliphatic hydroxyl groups is 11. The Morgan fingerprint density at radius 3 is 0.951 bits per heavy atom. The van der Waals surface area contributed by atoms with E-state index < -0.39 is 124 Å². The van der Waals surface area contributed by atoms with Gasteiger partial charge < -0.3 is 89.9 Å². The molecule has 17 atom stereocenters. The van der Waals surface area contributed by atoms with E-state index in [-0.39, 0.29) is 18.9 Å². The molecular weight excluding hydrogens is 1300 g/mol. The minimum absolute atomic E-state index is 0.247. The third-order valence-corrected chi connectivity index (χ3v) is 21.5. The first kappa shape index (κ1) is 94.5. The van der Waals surface area contributed by atoms with E-state index in [2.05, 4.69) is 31.3 Å². The fourth-order valence-electron chi connectivity index (χ4n) is 14.7. The number of nitrogens with one attached hydrogen (secondary N) is 1. The second kappa shape index (κ2) is 64.1. The molecule has 0 aromatic heterocycles. The summed E-state index contributed by atoms with van der Waals surface area (Å²) in [7, 11) is 0. The van der Waals surface area contributed by atoms with Gasteiger partial charge in [-0.1, -0.05) is 340 Å². The van der Waals surface area contributed by atoms with Gasteiger partial charge in [0, 0.05) is 6.42 Å². The molecule has 3 rings (SSSR count). The number of amides is 1. The Labute approximate surface area is 619 Å². The van der Waals surface area contributed by atoms with Crippen molar-refractivity contribution in [3.8, 4) is 0 Å². The van der Waals surface area contributed by atoms with Gasteiger partial charge in [-0.25, -0.2) is 0 Å². The maximum atomic E-state index is 13.5. The summed E-state index contributed by atoms with van der Waals surface area (Å²) in [6.45, 7) is 1.80. The van der Waals surface area contributed by atoms with Crippen molar-refractivity contribution in [2.45, 2.75) is 471 Å². The van der Waals surface area contributed by atoms with E-state index in [1.807, 2.05) is 6.08 Å². The number of carbonyl (C=O) groups is 1. The molecule has 602 valence electrons. The molecule has 0 aromatic carbocycles. The van der Waals surface area contributed by atoms with Crippen LogP contribution in [0.4, 0.5) is 0 Å². The molecule has 3 fully saturated rings. The summed E-state index contributed by atoms with van der Waals surface area (Å²) in [5.41, 5.74) is 0. The molecule has 0 radical (unpaired) electrons. The molecule has 0 bridgehead atoms. The van der Waals surface area contributed by atoms with Crippen LogP contribution >= 0.6 is 0 Å². The number of aliphatic hydroxyl groups excluding tert-OH is 11. The summed E-state index contributed by atoms with van der Waals surface area (Å²) in [6, 6.07) is -0.973. The van der Waals surface area contributed by atoms with E-state index in [1.165, 1.54) is 295 Å². The maximum Gasteiger partial charge on any atom is 0.220 e. The lowest BCUT2D eigenvalue weighted by Crippen LogP contribution is -2.66. The quantitative estimate of drug-likeness (QED) is 0.0199. The van der Waals surface area contributed by atoms with Crippen LogP contribution in [0.1, 0.15) is 367 Å². The van der Waals surface area contributed by atoms with Gasteiger partial charge in [-0.2, -0.15) is 0 Å². The summed E-state index contributed by atoms with van der Waals surface area (Å²) < 4.78 is 34.5. The Kier molecular flexibility index (Phi) is 59.4. The predicted octanol–water partition coefficient (Wildman–Crippen LogP) is 14.9. The molecule has 0 aromatic rings. The Morgan fingerprint density at radius 2 is 0.618 bits per heavy atom. The molecule has 19 heteroatoms. The Morgan fingerprint density at radius 1 is 0.343 bits per heavy atom. The fraction of sp³-hybridized carbons (Fsp3) is 0.940. The van der Waals surface area contributed by atoms with Crippen molar-refractivity contribution in [1.82, 2.24) is 5.32 Å². The van der Waals surface area contributed by atoms with Gasteiger partial charge >= 0.3 is 0 Å². The highest BCUT2D eigenvalue weighted by Crippen LogP contribution is 2.33. The Balaban J connectivity index is 1.35. The second-order valence-electron chi connectivity index (χ2n) is 30.6. The first-order valence-corrected chi connectivity index (χ1v) is 42.6. The molecule has 19 nitrogen and oxygen atoms in total. The Bertz CT molecular complexity index is 1940. The van der Waals surface area contributed by atoms with Gasteiger partial charge in [-0.15, -0.1) is 0 Å². The highest BCUT2D eigenvalue weighted by atomic mass is 16.8. The third-order valence-electron chi connectivity index (χ3n) is 21.5. The van der Waals surface area contributed by atoms with Gasteiger partial charge in [0.1, 0.15) is 73.2 Å². The van der Waals surface area contributed by atoms with E-state index in [4.69, 9.17) is 28.4 Å². The zero-order valence-corrected chi connectivity index (χ0v) is 64.6. The van der Waals surface area contributed by atoms with E-state index in [0.717, 1.165) is 44.9 Å². The van der Waals surface area contributed by atoms with Crippen molar-refractivity contribution in [2.24, 2.45) is 0 Å². The van der Waals surface area contributed by atoms with Gasteiger partial charge in [0.15, 0.2) is 18.9 Å². The largest absolute Gasteiger partial charge is 0.394 e. The maximum absolute atomic E-state index is 13.5. The first-order chi connectivity index (χ1) is 49.8. The monoisotopic (exact) mass is 1460 g/mol. The third kappa shape index (κ3) is 43.5. The van der Waals surface area contributed by atoms with Crippen molar-refractivity contribution in [3.63, 3.8) is 0 Å². The average Bonchev–Trinajstić information content (AvgIpc) is 0.781. The minimum atomic E-state index is -1.98. The molecule has 0 spiro atoms. The number of rotatable bonds is 69. The van der Waals surface area contributed by atoms with Crippen molar-refractivity contribution < 1.29 is 89.4 Å². The van der Waals surface area contributed by atoms with Crippen LogP contribution in [0.2, 0.25) is 0 Å². The van der Waals surface area contributed by atoms with Crippen LogP contribution in [-0.4, -0.2) is 193 Å². The first-order valence-electron chi connectivity index (χ1n) is 42.6. The van der Waals surface area contributed by atoms with Gasteiger partial charge in [0.2, 0.25) is 5.91 Å². The number of allylic oxidation sites excluding steroid dienone is 3. The van der Waals surface area contributed by atoms with Crippen molar-refractivity contribution in [3.05, 3.63) is 24.3 Å². The van der Waals surface area contributed by atoms with Crippen LogP contribution < -0.4 is 5.32 Å². The lowest BCUT2D eigenvalue weighted by atomic mass is 9.96. The van der Waals surface area contributed by atoms with Crippen LogP contribution in [0.15, 0.2) is 24.3 Å². The van der Waals surface area contributed by atoms with Crippen LogP contribution in [-0.2, 0) is 33.2 Å². The van der Waals surface area contributed by atoms with E-state index in [9.17, 15) is 61.0 Å². The van der Waals surface area contributed by atoms with Crippen molar-refractivity contribution in [2.75, 3.05) is 26.4 Å². The predicted molar refractivity (Wildman–Crippen MR) is 406 cm³/mol. The van der Waals surface area contributed by atoms with E-state index >= 15 is 0 Å². The molecule has 3 heterocycles. The average molecular weight is 1460 g/mol. The summed E-state index contributed by atoms with van der Waals surface area (Å²) >= 11 is 0.